The molecule has 0 aliphatic carbocycles. The number of thiazole rings is 1. The maximum absolute atomic E-state index is 4.62. The van der Waals surface area contributed by atoms with E-state index in [1.807, 2.05) is 30.3 Å². The molecular weight excluding hydrogens is 240 g/mol. The molecular formula is C15H14N2S. The summed E-state index contributed by atoms with van der Waals surface area (Å²) < 4.78 is 1.23. The molecule has 0 aliphatic rings. The first-order chi connectivity index (χ1) is 8.85. The van der Waals surface area contributed by atoms with E-state index in [2.05, 4.69) is 35.4 Å². The van der Waals surface area contributed by atoms with Gasteiger partial charge in [-0.25, -0.2) is 4.98 Å². The minimum atomic E-state index is 0.949. The van der Waals surface area contributed by atoms with Crippen LogP contribution in [0.2, 0.25) is 0 Å². The van der Waals surface area contributed by atoms with Gasteiger partial charge in [0.25, 0.3) is 0 Å². The normalized spacial score (nSPS) is 10.7. The lowest BCUT2D eigenvalue weighted by atomic mass is 10.2. The second-order valence-corrected chi connectivity index (χ2v) is 5.20. The van der Waals surface area contributed by atoms with Gasteiger partial charge in [0.1, 0.15) is 0 Å². The average molecular weight is 254 g/mol. The number of hydrogen-bond acceptors (Lipinski definition) is 3. The molecule has 3 rings (SSSR count). The smallest absolute Gasteiger partial charge is 0.188 e. The molecule has 3 aromatic rings. The minimum Gasteiger partial charge on any atom is -0.332 e. The van der Waals surface area contributed by atoms with Crippen LogP contribution < -0.4 is 5.32 Å². The third kappa shape index (κ3) is 2.22. The fourth-order valence-corrected chi connectivity index (χ4v) is 2.76. The fourth-order valence-electron chi connectivity index (χ4n) is 1.89. The summed E-state index contributed by atoms with van der Waals surface area (Å²) in [7, 11) is 0. The Kier molecular flexibility index (Phi) is 2.99. The molecule has 90 valence electrons. The molecule has 0 atom stereocenters. The fraction of sp³-hybridized carbons (Fsp3) is 0.133. The van der Waals surface area contributed by atoms with Crippen molar-refractivity contribution in [2.24, 2.45) is 0 Å². The lowest BCUT2D eigenvalue weighted by Gasteiger charge is -1.99. The first-order valence-corrected chi connectivity index (χ1v) is 6.88. The molecule has 1 aromatic heterocycles. The zero-order valence-corrected chi connectivity index (χ0v) is 11.0. The van der Waals surface area contributed by atoms with Crippen LogP contribution in [-0.2, 0) is 6.42 Å². The molecule has 1 heterocycles. The second-order valence-electron chi connectivity index (χ2n) is 4.17. The van der Waals surface area contributed by atoms with E-state index in [1.165, 1.54) is 10.3 Å². The molecule has 0 spiro atoms. The number of aromatic nitrogens is 1. The quantitative estimate of drug-likeness (QED) is 0.738. The summed E-state index contributed by atoms with van der Waals surface area (Å²) in [6.07, 6.45) is 1.05. The molecule has 0 radical (unpaired) electrons. The average Bonchev–Trinajstić information content (AvgIpc) is 2.80. The van der Waals surface area contributed by atoms with Crippen LogP contribution in [0.5, 0.6) is 0 Å². The molecule has 0 amide bonds. The predicted molar refractivity (Wildman–Crippen MR) is 78.7 cm³/mol. The van der Waals surface area contributed by atoms with Gasteiger partial charge in [-0.2, -0.15) is 0 Å². The van der Waals surface area contributed by atoms with Gasteiger partial charge in [-0.15, -0.1) is 0 Å². The van der Waals surface area contributed by atoms with Gasteiger partial charge in [0.05, 0.1) is 10.2 Å². The van der Waals surface area contributed by atoms with Gasteiger partial charge in [0.2, 0.25) is 0 Å². The van der Waals surface area contributed by atoms with Crippen molar-refractivity contribution >= 4 is 32.4 Å². The summed E-state index contributed by atoms with van der Waals surface area (Å²) in [5.74, 6) is 0. The number of nitrogens with one attached hydrogen (secondary N) is 1. The maximum atomic E-state index is 4.62. The highest BCUT2D eigenvalue weighted by molar-refractivity contribution is 7.22. The van der Waals surface area contributed by atoms with E-state index < -0.39 is 0 Å². The molecule has 0 unspecified atom stereocenters. The number of aryl methyl sites for hydroxylation is 1. The van der Waals surface area contributed by atoms with Crippen molar-refractivity contribution in [1.29, 1.82) is 0 Å². The number of hydrogen-bond donors (Lipinski definition) is 1. The Bertz CT molecular complexity index is 659. The monoisotopic (exact) mass is 254 g/mol. The van der Waals surface area contributed by atoms with E-state index in [9.17, 15) is 0 Å². The summed E-state index contributed by atoms with van der Waals surface area (Å²) in [6.45, 7) is 2.16. The molecule has 18 heavy (non-hydrogen) atoms. The van der Waals surface area contributed by atoms with Gasteiger partial charge in [-0.3, -0.25) is 0 Å². The Labute approximate surface area is 110 Å². The number of anilines is 2. The first-order valence-electron chi connectivity index (χ1n) is 6.06. The van der Waals surface area contributed by atoms with E-state index in [1.54, 1.807) is 11.3 Å². The van der Waals surface area contributed by atoms with Crippen LogP contribution in [0.3, 0.4) is 0 Å². The molecule has 0 bridgehead atoms. The number of fused-ring (bicyclic) bond motifs is 1. The number of nitrogens with zero attached hydrogens (tertiary/aromatic N) is 1. The van der Waals surface area contributed by atoms with Crippen molar-refractivity contribution in [2.45, 2.75) is 13.3 Å². The van der Waals surface area contributed by atoms with Crippen LogP contribution >= 0.6 is 11.3 Å². The Hall–Kier alpha value is -1.87. The molecule has 1 N–H and O–H groups in total. The van der Waals surface area contributed by atoms with Crippen molar-refractivity contribution < 1.29 is 0 Å². The van der Waals surface area contributed by atoms with E-state index >= 15 is 0 Å². The van der Waals surface area contributed by atoms with Crippen molar-refractivity contribution in [1.82, 2.24) is 4.98 Å². The number of rotatable bonds is 3. The number of benzene rings is 2. The highest BCUT2D eigenvalue weighted by atomic mass is 32.1. The molecule has 0 aliphatic heterocycles. The van der Waals surface area contributed by atoms with Crippen LogP contribution in [-0.4, -0.2) is 4.98 Å². The summed E-state index contributed by atoms with van der Waals surface area (Å²) in [5.41, 5.74) is 3.49. The lowest BCUT2D eigenvalue weighted by molar-refractivity contribution is 1.14. The van der Waals surface area contributed by atoms with Gasteiger partial charge in [0.15, 0.2) is 5.13 Å². The minimum absolute atomic E-state index is 0.949. The zero-order chi connectivity index (χ0) is 12.4. The summed E-state index contributed by atoms with van der Waals surface area (Å²) >= 11 is 1.69. The SMILES string of the molecule is CCc1ccc2sc(Nc3ccccc3)nc2c1. The first kappa shape index (κ1) is 11.2. The third-order valence-electron chi connectivity index (χ3n) is 2.89. The van der Waals surface area contributed by atoms with Gasteiger partial charge in [-0.1, -0.05) is 42.5 Å². The van der Waals surface area contributed by atoms with Crippen LogP contribution in [0.25, 0.3) is 10.2 Å². The Balaban J connectivity index is 1.94. The van der Waals surface area contributed by atoms with E-state index in [-0.39, 0.29) is 0 Å². The molecule has 0 saturated carbocycles. The molecule has 0 saturated heterocycles. The Morgan fingerprint density at radius 3 is 2.72 bits per heavy atom. The standard InChI is InChI=1S/C15H14N2S/c1-2-11-8-9-14-13(10-11)17-15(18-14)16-12-6-4-3-5-7-12/h3-10H,2H2,1H3,(H,16,17). The zero-order valence-electron chi connectivity index (χ0n) is 10.2. The Morgan fingerprint density at radius 2 is 1.94 bits per heavy atom. The van der Waals surface area contributed by atoms with Gasteiger partial charge < -0.3 is 5.32 Å². The third-order valence-corrected chi connectivity index (χ3v) is 3.84. The largest absolute Gasteiger partial charge is 0.332 e. The van der Waals surface area contributed by atoms with Crippen LogP contribution in [0.4, 0.5) is 10.8 Å². The van der Waals surface area contributed by atoms with Crippen LogP contribution in [0, 0.1) is 0 Å². The summed E-state index contributed by atoms with van der Waals surface area (Å²) in [5, 5.41) is 4.29. The molecule has 0 fully saturated rings. The highest BCUT2D eigenvalue weighted by Gasteiger charge is 2.04. The highest BCUT2D eigenvalue weighted by Crippen LogP contribution is 2.28. The van der Waals surface area contributed by atoms with Crippen LogP contribution in [0.15, 0.2) is 48.5 Å². The van der Waals surface area contributed by atoms with Crippen molar-refractivity contribution in [3.63, 3.8) is 0 Å². The lowest BCUT2D eigenvalue weighted by Crippen LogP contribution is -1.87. The predicted octanol–water partition coefficient (Wildman–Crippen LogP) is 4.60. The molecule has 2 aromatic carbocycles. The van der Waals surface area contributed by atoms with Crippen molar-refractivity contribution in [3.8, 4) is 0 Å². The maximum Gasteiger partial charge on any atom is 0.188 e. The summed E-state index contributed by atoms with van der Waals surface area (Å²) in [6, 6.07) is 16.6. The molecule has 2 nitrogen and oxygen atoms in total. The summed E-state index contributed by atoms with van der Waals surface area (Å²) in [4.78, 5) is 4.62. The number of para-hydroxylation sites is 1. The van der Waals surface area contributed by atoms with Crippen molar-refractivity contribution in [2.75, 3.05) is 5.32 Å². The Morgan fingerprint density at radius 1 is 1.11 bits per heavy atom. The van der Waals surface area contributed by atoms with E-state index in [0.717, 1.165) is 22.8 Å². The van der Waals surface area contributed by atoms with E-state index in [0.29, 0.717) is 0 Å². The van der Waals surface area contributed by atoms with Crippen LogP contribution in [0.1, 0.15) is 12.5 Å². The molecule has 3 heteroatoms. The second kappa shape index (κ2) is 4.78. The van der Waals surface area contributed by atoms with Crippen molar-refractivity contribution in [3.05, 3.63) is 54.1 Å². The van der Waals surface area contributed by atoms with Gasteiger partial charge in [0, 0.05) is 5.69 Å². The van der Waals surface area contributed by atoms with Gasteiger partial charge in [-0.05, 0) is 36.2 Å². The van der Waals surface area contributed by atoms with E-state index in [4.69, 9.17) is 0 Å². The topological polar surface area (TPSA) is 24.9 Å². The van der Waals surface area contributed by atoms with Gasteiger partial charge >= 0.3 is 0 Å².